The van der Waals surface area contributed by atoms with Crippen molar-refractivity contribution in [3.05, 3.63) is 28.5 Å². The lowest BCUT2D eigenvalue weighted by molar-refractivity contribution is -0.129. The minimum atomic E-state index is -0.159. The summed E-state index contributed by atoms with van der Waals surface area (Å²) in [6.45, 7) is 2.98. The fraction of sp³-hybridized carbons (Fsp3) is 0.462. The molecular formula is C13H16BrN3O2. The summed E-state index contributed by atoms with van der Waals surface area (Å²) in [5.41, 5.74) is 0.414. The van der Waals surface area contributed by atoms with E-state index in [-0.39, 0.29) is 17.9 Å². The van der Waals surface area contributed by atoms with E-state index in [4.69, 9.17) is 0 Å². The van der Waals surface area contributed by atoms with Gasteiger partial charge in [-0.05, 0) is 40.9 Å². The van der Waals surface area contributed by atoms with Crippen molar-refractivity contribution in [3.8, 4) is 0 Å². The molecule has 6 heteroatoms. The fourth-order valence-electron chi connectivity index (χ4n) is 2.11. The molecule has 0 unspecified atom stereocenters. The summed E-state index contributed by atoms with van der Waals surface area (Å²) in [5.74, 6) is -0.0619. The summed E-state index contributed by atoms with van der Waals surface area (Å²) in [5, 5.41) is 2.96. The standard InChI is InChI=1S/C13H16BrN3O2/c1-9(18)17-6-4-11(5-7-17)16-13(19)12-3-2-10(14)8-15-12/h2-3,8,11H,4-7H2,1H3,(H,16,19). The van der Waals surface area contributed by atoms with Crippen LogP contribution < -0.4 is 5.32 Å². The van der Waals surface area contributed by atoms with Crippen LogP contribution in [0.5, 0.6) is 0 Å². The summed E-state index contributed by atoms with van der Waals surface area (Å²) >= 11 is 3.28. The van der Waals surface area contributed by atoms with Gasteiger partial charge in [0.25, 0.3) is 5.91 Å². The van der Waals surface area contributed by atoms with Gasteiger partial charge in [-0.25, -0.2) is 4.98 Å². The van der Waals surface area contributed by atoms with E-state index in [1.54, 1.807) is 30.2 Å². The van der Waals surface area contributed by atoms with Crippen LogP contribution in [0.2, 0.25) is 0 Å². The van der Waals surface area contributed by atoms with Crippen LogP contribution in [0.1, 0.15) is 30.3 Å². The van der Waals surface area contributed by atoms with Gasteiger partial charge in [0, 0.05) is 36.7 Å². The number of piperidine rings is 1. The Hall–Kier alpha value is -1.43. The van der Waals surface area contributed by atoms with Gasteiger partial charge in [0.2, 0.25) is 5.91 Å². The lowest BCUT2D eigenvalue weighted by Crippen LogP contribution is -2.46. The minimum Gasteiger partial charge on any atom is -0.348 e. The van der Waals surface area contributed by atoms with Gasteiger partial charge in [-0.15, -0.1) is 0 Å². The first-order chi connectivity index (χ1) is 9.06. The van der Waals surface area contributed by atoms with Crippen molar-refractivity contribution in [2.24, 2.45) is 0 Å². The van der Waals surface area contributed by atoms with E-state index in [1.165, 1.54) is 0 Å². The Morgan fingerprint density at radius 1 is 1.37 bits per heavy atom. The number of likely N-dealkylation sites (tertiary alicyclic amines) is 1. The number of carbonyl (C=O) groups is 2. The smallest absolute Gasteiger partial charge is 0.270 e. The Bertz CT molecular complexity index is 467. The third-order valence-corrected chi connectivity index (χ3v) is 3.70. The summed E-state index contributed by atoms with van der Waals surface area (Å²) < 4.78 is 0.846. The maximum atomic E-state index is 12.0. The first kappa shape index (κ1) is 14.0. The minimum absolute atomic E-state index is 0.0966. The van der Waals surface area contributed by atoms with Crippen LogP contribution in [0.3, 0.4) is 0 Å². The molecule has 2 amide bonds. The molecule has 19 heavy (non-hydrogen) atoms. The SMILES string of the molecule is CC(=O)N1CCC(NC(=O)c2ccc(Br)cn2)CC1. The normalized spacial score (nSPS) is 16.2. The van der Waals surface area contributed by atoms with Crippen LogP contribution in [-0.4, -0.2) is 40.8 Å². The Balaban J connectivity index is 1.87. The maximum Gasteiger partial charge on any atom is 0.270 e. The van der Waals surface area contributed by atoms with Crippen molar-refractivity contribution >= 4 is 27.7 Å². The first-order valence-electron chi connectivity index (χ1n) is 6.24. The number of hydrogen-bond acceptors (Lipinski definition) is 3. The monoisotopic (exact) mass is 325 g/mol. The van der Waals surface area contributed by atoms with E-state index in [9.17, 15) is 9.59 Å². The van der Waals surface area contributed by atoms with E-state index in [0.717, 1.165) is 17.3 Å². The number of pyridine rings is 1. The molecule has 0 spiro atoms. The molecule has 0 radical (unpaired) electrons. The highest BCUT2D eigenvalue weighted by Crippen LogP contribution is 2.12. The van der Waals surface area contributed by atoms with Crippen LogP contribution in [0, 0.1) is 0 Å². The van der Waals surface area contributed by atoms with E-state index >= 15 is 0 Å². The molecule has 0 saturated carbocycles. The van der Waals surface area contributed by atoms with Gasteiger partial charge in [0.05, 0.1) is 0 Å². The Morgan fingerprint density at radius 3 is 2.58 bits per heavy atom. The second kappa shape index (κ2) is 6.14. The van der Waals surface area contributed by atoms with Gasteiger partial charge in [0.15, 0.2) is 0 Å². The van der Waals surface area contributed by atoms with E-state index < -0.39 is 0 Å². The molecule has 5 nitrogen and oxygen atoms in total. The number of nitrogens with one attached hydrogen (secondary N) is 1. The number of aromatic nitrogens is 1. The number of carbonyl (C=O) groups excluding carboxylic acids is 2. The zero-order valence-corrected chi connectivity index (χ0v) is 12.3. The lowest BCUT2D eigenvalue weighted by Gasteiger charge is -2.31. The second-order valence-electron chi connectivity index (χ2n) is 4.62. The summed E-state index contributed by atoms with van der Waals surface area (Å²) in [6.07, 6.45) is 3.19. The maximum absolute atomic E-state index is 12.0. The average molecular weight is 326 g/mol. The molecule has 1 aromatic heterocycles. The number of amides is 2. The van der Waals surface area contributed by atoms with Gasteiger partial charge in [-0.2, -0.15) is 0 Å². The Labute approximate surface area is 120 Å². The Kier molecular flexibility index (Phi) is 4.52. The number of rotatable bonds is 2. The summed E-state index contributed by atoms with van der Waals surface area (Å²) in [6, 6.07) is 3.60. The van der Waals surface area contributed by atoms with E-state index in [2.05, 4.69) is 26.2 Å². The predicted molar refractivity (Wildman–Crippen MR) is 74.7 cm³/mol. The topological polar surface area (TPSA) is 62.3 Å². The van der Waals surface area contributed by atoms with Crippen molar-refractivity contribution in [3.63, 3.8) is 0 Å². The molecule has 0 bridgehead atoms. The van der Waals surface area contributed by atoms with Gasteiger partial charge >= 0.3 is 0 Å². The molecule has 0 aromatic carbocycles. The predicted octanol–water partition coefficient (Wildman–Crippen LogP) is 1.58. The van der Waals surface area contributed by atoms with Crippen LogP contribution >= 0.6 is 15.9 Å². The van der Waals surface area contributed by atoms with Gasteiger partial charge in [-0.1, -0.05) is 0 Å². The van der Waals surface area contributed by atoms with Crippen LogP contribution in [0.15, 0.2) is 22.8 Å². The largest absolute Gasteiger partial charge is 0.348 e. The molecule has 1 aliphatic heterocycles. The molecule has 1 fully saturated rings. The summed E-state index contributed by atoms with van der Waals surface area (Å²) in [7, 11) is 0. The highest BCUT2D eigenvalue weighted by molar-refractivity contribution is 9.10. The summed E-state index contributed by atoms with van der Waals surface area (Å²) in [4.78, 5) is 29.0. The quantitative estimate of drug-likeness (QED) is 0.898. The van der Waals surface area contributed by atoms with Crippen LogP contribution in [0.4, 0.5) is 0 Å². The molecule has 2 rings (SSSR count). The molecular weight excluding hydrogens is 310 g/mol. The van der Waals surface area contributed by atoms with Crippen molar-refractivity contribution in [1.29, 1.82) is 0 Å². The van der Waals surface area contributed by atoms with Crippen LogP contribution in [0.25, 0.3) is 0 Å². The van der Waals surface area contributed by atoms with E-state index in [0.29, 0.717) is 18.8 Å². The number of halogens is 1. The third kappa shape index (κ3) is 3.76. The van der Waals surface area contributed by atoms with Gasteiger partial charge < -0.3 is 10.2 Å². The third-order valence-electron chi connectivity index (χ3n) is 3.24. The van der Waals surface area contributed by atoms with Gasteiger partial charge in [0.1, 0.15) is 5.69 Å². The van der Waals surface area contributed by atoms with Crippen molar-refractivity contribution in [1.82, 2.24) is 15.2 Å². The van der Waals surface area contributed by atoms with E-state index in [1.807, 2.05) is 0 Å². The molecule has 0 aliphatic carbocycles. The fourth-order valence-corrected chi connectivity index (χ4v) is 2.34. The molecule has 1 aromatic rings. The lowest BCUT2D eigenvalue weighted by atomic mass is 10.0. The molecule has 1 aliphatic rings. The number of nitrogens with zero attached hydrogens (tertiary/aromatic N) is 2. The average Bonchev–Trinajstić information content (AvgIpc) is 2.40. The van der Waals surface area contributed by atoms with Crippen molar-refractivity contribution in [2.75, 3.05) is 13.1 Å². The molecule has 1 N–H and O–H groups in total. The van der Waals surface area contributed by atoms with Crippen molar-refractivity contribution < 1.29 is 9.59 Å². The molecule has 2 heterocycles. The highest BCUT2D eigenvalue weighted by atomic mass is 79.9. The van der Waals surface area contributed by atoms with Gasteiger partial charge in [-0.3, -0.25) is 9.59 Å². The Morgan fingerprint density at radius 2 is 2.05 bits per heavy atom. The first-order valence-corrected chi connectivity index (χ1v) is 7.03. The zero-order valence-electron chi connectivity index (χ0n) is 10.7. The highest BCUT2D eigenvalue weighted by Gasteiger charge is 2.22. The molecule has 0 atom stereocenters. The second-order valence-corrected chi connectivity index (χ2v) is 5.53. The zero-order chi connectivity index (χ0) is 13.8. The molecule has 1 saturated heterocycles. The van der Waals surface area contributed by atoms with Crippen LogP contribution in [-0.2, 0) is 4.79 Å². The molecule has 102 valence electrons. The number of hydrogen-bond donors (Lipinski definition) is 1. The van der Waals surface area contributed by atoms with Crippen molar-refractivity contribution in [2.45, 2.75) is 25.8 Å².